The van der Waals surface area contributed by atoms with E-state index in [-0.39, 0.29) is 15.2 Å². The van der Waals surface area contributed by atoms with Crippen molar-refractivity contribution in [2.75, 3.05) is 4.90 Å². The average Bonchev–Trinajstić information content (AvgIpc) is 3.80. The van der Waals surface area contributed by atoms with Crippen LogP contribution in [0, 0.1) is 11.3 Å². The van der Waals surface area contributed by atoms with E-state index in [9.17, 15) is 13.7 Å². The summed E-state index contributed by atoms with van der Waals surface area (Å²) in [6.45, 7) is 4.60. The van der Waals surface area contributed by atoms with Crippen molar-refractivity contribution in [1.82, 2.24) is 9.13 Å². The molecule has 0 aliphatic carbocycles. The molecule has 0 unspecified atom stereocenters. The third-order valence-corrected chi connectivity index (χ3v) is 13.9. The standard InChI is InChI=1S/C52H36N4O2S/c1-52(2)44-15-7-10-18-48(44)54(49-19-11-8-16-45(49)52)37-24-31-47-43(32-37)42-30-29-41-40-14-6-9-17-46(40)55(35-12-4-3-5-13-35)50(41)51(42)56(47)36-22-27-39(28-23-36)59(57,58)38-25-20-34(33-53)21-26-38/h3-32H,1-2H3. The van der Waals surface area contributed by atoms with Crippen LogP contribution in [0.2, 0.25) is 0 Å². The van der Waals surface area contributed by atoms with Crippen molar-refractivity contribution in [2.24, 2.45) is 0 Å². The van der Waals surface area contributed by atoms with E-state index in [1.807, 2.05) is 18.2 Å². The lowest BCUT2D eigenvalue weighted by molar-refractivity contribution is 0.596. The molecule has 8 aromatic carbocycles. The lowest BCUT2D eigenvalue weighted by atomic mass is 9.73. The quantitative estimate of drug-likeness (QED) is 0.174. The van der Waals surface area contributed by atoms with Crippen molar-refractivity contribution in [3.05, 3.63) is 199 Å². The monoisotopic (exact) mass is 780 g/mol. The van der Waals surface area contributed by atoms with Gasteiger partial charge in [0.2, 0.25) is 9.84 Å². The molecule has 0 saturated carbocycles. The highest BCUT2D eigenvalue weighted by atomic mass is 32.2. The maximum absolute atomic E-state index is 13.8. The first-order valence-electron chi connectivity index (χ1n) is 19.7. The molecular weight excluding hydrogens is 745 g/mol. The summed E-state index contributed by atoms with van der Waals surface area (Å²) in [6.07, 6.45) is 0. The highest BCUT2D eigenvalue weighted by Gasteiger charge is 2.36. The van der Waals surface area contributed by atoms with Gasteiger partial charge in [-0.15, -0.1) is 0 Å². The number of anilines is 3. The van der Waals surface area contributed by atoms with E-state index < -0.39 is 9.84 Å². The molecule has 0 saturated heterocycles. The Balaban J connectivity index is 1.20. The fraction of sp³-hybridized carbons (Fsp3) is 0.0577. The molecule has 0 atom stereocenters. The summed E-state index contributed by atoms with van der Waals surface area (Å²) in [7, 11) is -3.83. The molecule has 7 heteroatoms. The largest absolute Gasteiger partial charge is 0.310 e. The van der Waals surface area contributed by atoms with Crippen LogP contribution >= 0.6 is 0 Å². The van der Waals surface area contributed by atoms with Gasteiger partial charge in [-0.2, -0.15) is 5.26 Å². The fourth-order valence-corrected chi connectivity index (χ4v) is 10.6. The minimum absolute atomic E-state index is 0.145. The van der Waals surface area contributed by atoms with E-state index in [2.05, 4.69) is 161 Å². The van der Waals surface area contributed by atoms with Gasteiger partial charge in [-0.05, 0) is 108 Å². The van der Waals surface area contributed by atoms with Gasteiger partial charge in [0.1, 0.15) is 0 Å². The normalized spacial score (nSPS) is 13.5. The van der Waals surface area contributed by atoms with Crippen LogP contribution in [0.3, 0.4) is 0 Å². The summed E-state index contributed by atoms with van der Waals surface area (Å²) < 4.78 is 32.3. The van der Waals surface area contributed by atoms with E-state index in [1.54, 1.807) is 12.1 Å². The number of nitrogens with zero attached hydrogens (tertiary/aromatic N) is 4. The summed E-state index contributed by atoms with van der Waals surface area (Å²) in [6, 6.07) is 62.9. The number of nitriles is 1. The predicted octanol–water partition coefficient (Wildman–Crippen LogP) is 12.7. The van der Waals surface area contributed by atoms with Gasteiger partial charge in [-0.3, -0.25) is 0 Å². The Hall–Kier alpha value is -7.40. The van der Waals surface area contributed by atoms with Crippen molar-refractivity contribution >= 4 is 70.5 Å². The Morgan fingerprint density at radius 2 is 0.966 bits per heavy atom. The maximum Gasteiger partial charge on any atom is 0.206 e. The second kappa shape index (κ2) is 12.8. The van der Waals surface area contributed by atoms with Gasteiger partial charge in [-0.25, -0.2) is 8.42 Å². The molecule has 6 nitrogen and oxygen atoms in total. The molecule has 11 rings (SSSR count). The van der Waals surface area contributed by atoms with Gasteiger partial charge in [0.05, 0.1) is 54.9 Å². The van der Waals surface area contributed by atoms with Gasteiger partial charge in [-0.1, -0.05) is 98.8 Å². The Morgan fingerprint density at radius 1 is 0.475 bits per heavy atom. The number of hydrogen-bond acceptors (Lipinski definition) is 4. The topological polar surface area (TPSA) is 71.0 Å². The van der Waals surface area contributed by atoms with E-state index in [4.69, 9.17) is 0 Å². The summed E-state index contributed by atoms with van der Waals surface area (Å²) in [5.74, 6) is 0. The highest BCUT2D eigenvalue weighted by Crippen LogP contribution is 2.52. The molecular formula is C52H36N4O2S. The van der Waals surface area contributed by atoms with E-state index >= 15 is 0 Å². The summed E-state index contributed by atoms with van der Waals surface area (Å²) >= 11 is 0. The molecule has 0 fully saturated rings. The molecule has 1 aliphatic heterocycles. The van der Waals surface area contributed by atoms with Gasteiger partial charge in [0.25, 0.3) is 0 Å². The third-order valence-electron chi connectivity index (χ3n) is 12.2. The molecule has 0 spiro atoms. The Labute approximate surface area is 342 Å². The number of para-hydroxylation sites is 4. The fourth-order valence-electron chi connectivity index (χ4n) is 9.36. The summed E-state index contributed by atoms with van der Waals surface area (Å²) in [5.41, 5.74) is 12.2. The van der Waals surface area contributed by atoms with Gasteiger partial charge in [0.15, 0.2) is 0 Å². The number of rotatable bonds is 5. The predicted molar refractivity (Wildman–Crippen MR) is 239 cm³/mol. The molecule has 282 valence electrons. The van der Waals surface area contributed by atoms with Gasteiger partial charge < -0.3 is 14.0 Å². The summed E-state index contributed by atoms with van der Waals surface area (Å²) in [4.78, 5) is 2.72. The number of benzene rings is 8. The minimum atomic E-state index is -3.83. The molecule has 59 heavy (non-hydrogen) atoms. The third kappa shape index (κ3) is 5.07. The zero-order chi connectivity index (χ0) is 40.0. The zero-order valence-corrected chi connectivity index (χ0v) is 33.2. The lowest BCUT2D eigenvalue weighted by Crippen LogP contribution is -2.30. The Kier molecular flexibility index (Phi) is 7.56. The van der Waals surface area contributed by atoms with Crippen molar-refractivity contribution < 1.29 is 8.42 Å². The molecule has 1 aliphatic rings. The van der Waals surface area contributed by atoms with Gasteiger partial charge >= 0.3 is 0 Å². The molecule has 2 aromatic heterocycles. The van der Waals surface area contributed by atoms with Crippen molar-refractivity contribution in [3.63, 3.8) is 0 Å². The number of fused-ring (bicyclic) bond motifs is 9. The first-order valence-corrected chi connectivity index (χ1v) is 21.1. The van der Waals surface area contributed by atoms with Crippen molar-refractivity contribution in [3.8, 4) is 17.4 Å². The second-order valence-corrected chi connectivity index (χ2v) is 17.7. The number of aromatic nitrogens is 2. The average molecular weight is 781 g/mol. The molecule has 0 bridgehead atoms. The van der Waals surface area contributed by atoms with Crippen LogP contribution in [0.5, 0.6) is 0 Å². The summed E-state index contributed by atoms with van der Waals surface area (Å²) in [5, 5.41) is 13.7. The van der Waals surface area contributed by atoms with Crippen molar-refractivity contribution in [1.29, 1.82) is 5.26 Å². The lowest BCUT2D eigenvalue weighted by Gasteiger charge is -2.42. The molecule has 0 amide bonds. The Bertz CT molecular complexity index is 3430. The van der Waals surface area contributed by atoms with E-state index in [0.717, 1.165) is 72.0 Å². The minimum Gasteiger partial charge on any atom is -0.310 e. The number of sulfone groups is 1. The molecule has 10 aromatic rings. The van der Waals surface area contributed by atoms with E-state index in [0.29, 0.717) is 5.56 Å². The van der Waals surface area contributed by atoms with Crippen LogP contribution in [0.1, 0.15) is 30.5 Å². The Morgan fingerprint density at radius 3 is 1.59 bits per heavy atom. The molecule has 0 N–H and O–H groups in total. The smallest absolute Gasteiger partial charge is 0.206 e. The first kappa shape index (κ1) is 34.8. The van der Waals surface area contributed by atoms with Gasteiger partial charge in [0, 0.05) is 44.0 Å². The van der Waals surface area contributed by atoms with Crippen LogP contribution in [-0.2, 0) is 15.3 Å². The van der Waals surface area contributed by atoms with Crippen LogP contribution in [-0.4, -0.2) is 17.6 Å². The first-order chi connectivity index (χ1) is 28.8. The van der Waals surface area contributed by atoms with Crippen LogP contribution in [0.25, 0.3) is 55.0 Å². The SMILES string of the molecule is CC1(C)c2ccccc2N(c2ccc3c(c2)c2ccc4c5ccccc5n(-c5ccccc5)c4c2n3-c2ccc(S(=O)(=O)c3ccc(C#N)cc3)cc2)c2ccccc21. The molecule has 3 heterocycles. The van der Waals surface area contributed by atoms with Crippen LogP contribution in [0.4, 0.5) is 17.1 Å². The number of hydrogen-bond donors (Lipinski definition) is 0. The van der Waals surface area contributed by atoms with Crippen LogP contribution < -0.4 is 4.90 Å². The highest BCUT2D eigenvalue weighted by molar-refractivity contribution is 7.91. The van der Waals surface area contributed by atoms with E-state index in [1.165, 1.54) is 35.4 Å². The maximum atomic E-state index is 13.8. The zero-order valence-electron chi connectivity index (χ0n) is 32.3. The van der Waals surface area contributed by atoms with Crippen LogP contribution in [0.15, 0.2) is 192 Å². The second-order valence-electron chi connectivity index (χ2n) is 15.7. The van der Waals surface area contributed by atoms with Crippen molar-refractivity contribution in [2.45, 2.75) is 29.1 Å². The molecule has 0 radical (unpaired) electrons.